The largest absolute Gasteiger partial charge is 0.414 e. The Morgan fingerprint density at radius 3 is 2.15 bits per heavy atom. The number of alkyl halides is 3. The van der Waals surface area contributed by atoms with Gasteiger partial charge in [0.05, 0.1) is 6.10 Å². The second kappa shape index (κ2) is 11.4. The minimum absolute atomic E-state index is 0.0191. The summed E-state index contributed by atoms with van der Waals surface area (Å²) in [7, 11) is 0. The molecular formula is C28H52F3NO2. The number of rotatable bonds is 4. The van der Waals surface area contributed by atoms with E-state index in [1.165, 1.54) is 12.8 Å². The summed E-state index contributed by atoms with van der Waals surface area (Å²) in [5.41, 5.74) is 6.83. The Balaban J connectivity index is 0.000000970. The first-order chi connectivity index (χ1) is 15.9. The summed E-state index contributed by atoms with van der Waals surface area (Å²) in [6, 6.07) is 0. The Morgan fingerprint density at radius 1 is 0.912 bits per heavy atom. The van der Waals surface area contributed by atoms with Crippen molar-refractivity contribution in [1.82, 2.24) is 0 Å². The lowest BCUT2D eigenvalue weighted by Gasteiger charge is -2.62. The maximum absolute atomic E-state index is 12.7. The molecule has 4 fully saturated rings. The van der Waals surface area contributed by atoms with Crippen LogP contribution in [0.25, 0.3) is 0 Å². The number of halogens is 3. The lowest BCUT2D eigenvalue weighted by Crippen LogP contribution is -2.59. The number of hydrogen-bond donors (Lipinski definition) is 3. The third kappa shape index (κ3) is 5.34. The van der Waals surface area contributed by atoms with Crippen LogP contribution in [0.3, 0.4) is 0 Å². The lowest BCUT2D eigenvalue weighted by atomic mass is 9.44. The number of aliphatic hydroxyl groups is 2. The summed E-state index contributed by atoms with van der Waals surface area (Å²) < 4.78 is 38.0. The fourth-order valence-corrected chi connectivity index (χ4v) is 8.59. The summed E-state index contributed by atoms with van der Waals surface area (Å²) in [5.74, 6) is 2.53. The zero-order valence-electron chi connectivity index (χ0n) is 22.6. The fraction of sp³-hybridized carbons (Fsp3) is 1.00. The highest BCUT2D eigenvalue weighted by Crippen LogP contribution is 2.68. The molecule has 0 bridgehead atoms. The van der Waals surface area contributed by atoms with Crippen LogP contribution in [-0.2, 0) is 0 Å². The summed E-state index contributed by atoms with van der Waals surface area (Å²) in [6.45, 7) is 12.8. The van der Waals surface area contributed by atoms with Gasteiger partial charge in [-0.15, -0.1) is 0 Å². The zero-order chi connectivity index (χ0) is 25.9. The highest BCUT2D eigenvalue weighted by molar-refractivity contribution is 5.15. The van der Waals surface area contributed by atoms with Crippen molar-refractivity contribution >= 4 is 0 Å². The molecule has 0 amide bonds. The minimum Gasteiger partial charge on any atom is -0.393 e. The van der Waals surface area contributed by atoms with Crippen LogP contribution in [0.4, 0.5) is 13.2 Å². The Morgan fingerprint density at radius 2 is 1.53 bits per heavy atom. The van der Waals surface area contributed by atoms with E-state index in [0.717, 1.165) is 44.9 Å². The predicted molar refractivity (Wildman–Crippen MR) is 133 cm³/mol. The number of nitrogens with two attached hydrogens (primary N) is 1. The summed E-state index contributed by atoms with van der Waals surface area (Å²) in [4.78, 5) is 0. The van der Waals surface area contributed by atoms with Crippen molar-refractivity contribution in [3.63, 3.8) is 0 Å². The minimum atomic E-state index is -4.54. The Bertz CT molecular complexity index is 644. The monoisotopic (exact) mass is 491 g/mol. The van der Waals surface area contributed by atoms with E-state index in [0.29, 0.717) is 41.9 Å². The van der Waals surface area contributed by atoms with Crippen LogP contribution in [0.5, 0.6) is 0 Å². The van der Waals surface area contributed by atoms with Gasteiger partial charge in [-0.2, -0.15) is 13.2 Å². The molecule has 4 aliphatic rings. The van der Waals surface area contributed by atoms with Gasteiger partial charge in [0.2, 0.25) is 0 Å². The van der Waals surface area contributed by atoms with Crippen LogP contribution in [0.15, 0.2) is 0 Å². The summed E-state index contributed by atoms with van der Waals surface area (Å²) >= 11 is 0. The van der Waals surface area contributed by atoms with Gasteiger partial charge in [0, 0.05) is 5.54 Å². The van der Waals surface area contributed by atoms with Gasteiger partial charge in [-0.05, 0) is 112 Å². The normalized spacial score (nSPS) is 44.3. The molecule has 0 heterocycles. The van der Waals surface area contributed by atoms with E-state index in [2.05, 4.69) is 13.8 Å². The molecule has 0 aromatic rings. The smallest absolute Gasteiger partial charge is 0.393 e. The Labute approximate surface area is 206 Å². The van der Waals surface area contributed by atoms with Crippen molar-refractivity contribution in [3.8, 4) is 0 Å². The molecule has 34 heavy (non-hydrogen) atoms. The van der Waals surface area contributed by atoms with E-state index in [1.54, 1.807) is 0 Å². The highest BCUT2D eigenvalue weighted by Gasteiger charge is 2.63. The molecule has 0 spiro atoms. The lowest BCUT2D eigenvalue weighted by molar-refractivity contribution is -0.206. The third-order valence-corrected chi connectivity index (χ3v) is 10.5. The van der Waals surface area contributed by atoms with Gasteiger partial charge in [-0.25, -0.2) is 0 Å². The Hall–Kier alpha value is -0.330. The molecule has 0 aromatic heterocycles. The van der Waals surface area contributed by atoms with Gasteiger partial charge in [-0.3, -0.25) is 0 Å². The maximum atomic E-state index is 12.7. The molecule has 0 radical (unpaired) electrons. The molecule has 4 rings (SSSR count). The van der Waals surface area contributed by atoms with Crippen molar-refractivity contribution in [1.29, 1.82) is 0 Å². The quantitative estimate of drug-likeness (QED) is 0.388. The molecule has 4 saturated carbocycles. The molecule has 8 unspecified atom stereocenters. The third-order valence-electron chi connectivity index (χ3n) is 10.5. The molecule has 4 aliphatic carbocycles. The van der Waals surface area contributed by atoms with Crippen LogP contribution in [-0.4, -0.2) is 34.1 Å². The van der Waals surface area contributed by atoms with Gasteiger partial charge >= 0.3 is 6.18 Å². The second-order valence-electron chi connectivity index (χ2n) is 11.7. The first-order valence-electron chi connectivity index (χ1n) is 14.1. The summed E-state index contributed by atoms with van der Waals surface area (Å²) in [6.07, 6.45) is 3.30. The maximum Gasteiger partial charge on any atom is 0.414 e. The number of fused-ring (bicyclic) bond motifs is 5. The van der Waals surface area contributed by atoms with Gasteiger partial charge in [0.1, 0.15) is 6.10 Å². The molecule has 202 valence electrons. The molecule has 4 N–H and O–H groups in total. The van der Waals surface area contributed by atoms with Crippen LogP contribution < -0.4 is 5.73 Å². The fourth-order valence-electron chi connectivity index (χ4n) is 8.59. The summed E-state index contributed by atoms with van der Waals surface area (Å²) in [5, 5.41) is 19.6. The van der Waals surface area contributed by atoms with Crippen LogP contribution in [0, 0.1) is 34.5 Å². The molecule has 0 saturated heterocycles. The molecule has 0 aliphatic heterocycles. The van der Waals surface area contributed by atoms with E-state index >= 15 is 0 Å². The van der Waals surface area contributed by atoms with E-state index < -0.39 is 17.8 Å². The van der Waals surface area contributed by atoms with E-state index in [-0.39, 0.29) is 17.9 Å². The van der Waals surface area contributed by atoms with Crippen molar-refractivity contribution in [3.05, 3.63) is 0 Å². The Kier molecular flexibility index (Phi) is 10.0. The molecule has 0 aromatic carbocycles. The topological polar surface area (TPSA) is 66.5 Å². The molecule has 9 atom stereocenters. The molecule has 3 nitrogen and oxygen atoms in total. The first-order valence-corrected chi connectivity index (χ1v) is 14.1. The zero-order valence-corrected chi connectivity index (χ0v) is 22.6. The van der Waals surface area contributed by atoms with Gasteiger partial charge in [-0.1, -0.05) is 41.5 Å². The van der Waals surface area contributed by atoms with E-state index in [9.17, 15) is 23.4 Å². The average Bonchev–Trinajstić information content (AvgIpc) is 3.07. The van der Waals surface area contributed by atoms with E-state index in [1.807, 2.05) is 27.7 Å². The number of aliphatic hydroxyl groups excluding tert-OH is 2. The molecule has 6 heteroatoms. The van der Waals surface area contributed by atoms with Crippen LogP contribution in [0.1, 0.15) is 119 Å². The number of hydrogen-bond acceptors (Lipinski definition) is 3. The van der Waals surface area contributed by atoms with Crippen LogP contribution in [0.2, 0.25) is 0 Å². The van der Waals surface area contributed by atoms with E-state index in [4.69, 9.17) is 5.73 Å². The van der Waals surface area contributed by atoms with Gasteiger partial charge in [0.25, 0.3) is 0 Å². The standard InChI is InChI=1S/C24H40F3NO2.2C2H6/c1-21-11-7-16(29)14-15(21)5-6-17-18(21)8-12-22(2)19(17)9-13-23(22,28)10-3-4-20(30)24(25,26)27;2*1-2/h15-20,29-30H,3-14,28H2,1-2H3;2*1-2H3/t15?,16?,17?,18?,19?,20?,21?,22?,23-;;/m1../s1. The second-order valence-corrected chi connectivity index (χ2v) is 11.7. The average molecular weight is 492 g/mol. The first kappa shape index (κ1) is 29.9. The van der Waals surface area contributed by atoms with Crippen molar-refractivity contribution in [2.24, 2.45) is 40.2 Å². The van der Waals surface area contributed by atoms with Crippen LogP contribution >= 0.6 is 0 Å². The predicted octanol–water partition coefficient (Wildman–Crippen LogP) is 7.23. The highest BCUT2D eigenvalue weighted by atomic mass is 19.4. The van der Waals surface area contributed by atoms with Crippen molar-refractivity contribution < 1.29 is 23.4 Å². The molecular weight excluding hydrogens is 439 g/mol. The van der Waals surface area contributed by atoms with Crippen molar-refractivity contribution in [2.75, 3.05) is 0 Å². The van der Waals surface area contributed by atoms with Gasteiger partial charge in [0.15, 0.2) is 0 Å². The van der Waals surface area contributed by atoms with Gasteiger partial charge < -0.3 is 15.9 Å². The van der Waals surface area contributed by atoms with Crippen molar-refractivity contribution in [2.45, 2.75) is 143 Å². The SMILES string of the molecule is CC.CC.CC12CCC(O)CC1CCC1C2CCC2(C)C1CC[C@]2(N)CCCC(O)C(F)(F)F.